The molecule has 1 unspecified atom stereocenters. The fourth-order valence-electron chi connectivity index (χ4n) is 2.04. The summed E-state index contributed by atoms with van der Waals surface area (Å²) >= 11 is 1.60. The fraction of sp³-hybridized carbons (Fsp3) is 0.533. The molecule has 1 aliphatic heterocycles. The van der Waals surface area contributed by atoms with Crippen LogP contribution in [0, 0.1) is 12.8 Å². The lowest BCUT2D eigenvalue weighted by atomic mass is 10.2. The van der Waals surface area contributed by atoms with Crippen LogP contribution in [0.1, 0.15) is 29.9 Å². The normalized spacial score (nSPS) is 18.1. The third-order valence-electron chi connectivity index (χ3n) is 3.29. The minimum absolute atomic E-state index is 0.0675. The Labute approximate surface area is 129 Å². The van der Waals surface area contributed by atoms with Crippen LogP contribution in [0.15, 0.2) is 18.3 Å². The average Bonchev–Trinajstić information content (AvgIpc) is 2.94. The summed E-state index contributed by atoms with van der Waals surface area (Å²) in [5, 5.41) is 2.91. The van der Waals surface area contributed by atoms with Crippen molar-refractivity contribution in [1.82, 2.24) is 15.2 Å². The summed E-state index contributed by atoms with van der Waals surface area (Å²) in [6, 6.07) is 3.18. The van der Waals surface area contributed by atoms with E-state index in [0.29, 0.717) is 29.7 Å². The van der Waals surface area contributed by atoms with Gasteiger partial charge in [-0.2, -0.15) is 0 Å². The highest BCUT2D eigenvalue weighted by Crippen LogP contribution is 2.23. The number of nitrogens with one attached hydrogen (secondary N) is 1. The van der Waals surface area contributed by atoms with Crippen LogP contribution in [0.2, 0.25) is 0 Å². The number of carbonyl (C=O) groups is 2. The summed E-state index contributed by atoms with van der Waals surface area (Å²) in [5.41, 5.74) is 1.40. The maximum Gasteiger partial charge on any atom is 0.256 e. The molecule has 1 aromatic heterocycles. The number of hydrogen-bond acceptors (Lipinski definition) is 4. The summed E-state index contributed by atoms with van der Waals surface area (Å²) in [5.74, 6) is 1.40. The van der Waals surface area contributed by atoms with Gasteiger partial charge in [0.15, 0.2) is 0 Å². The average molecular weight is 307 g/mol. The molecule has 0 aromatic carbocycles. The molecule has 1 atom stereocenters. The van der Waals surface area contributed by atoms with Crippen molar-refractivity contribution in [3.8, 4) is 0 Å². The molecule has 0 spiro atoms. The van der Waals surface area contributed by atoms with Crippen LogP contribution in [-0.4, -0.2) is 45.9 Å². The van der Waals surface area contributed by atoms with E-state index in [1.165, 1.54) is 0 Å². The molecule has 1 aromatic rings. The van der Waals surface area contributed by atoms with Gasteiger partial charge in [-0.05, 0) is 25.0 Å². The van der Waals surface area contributed by atoms with Crippen LogP contribution >= 0.6 is 11.8 Å². The number of nitrogens with zero attached hydrogens (tertiary/aromatic N) is 2. The Morgan fingerprint density at radius 3 is 2.86 bits per heavy atom. The molecule has 0 bridgehead atoms. The molecule has 0 saturated carbocycles. The van der Waals surface area contributed by atoms with Crippen molar-refractivity contribution >= 4 is 23.6 Å². The number of aromatic nitrogens is 1. The lowest BCUT2D eigenvalue weighted by molar-refractivity contribution is -0.124. The van der Waals surface area contributed by atoms with Gasteiger partial charge in [-0.1, -0.05) is 13.8 Å². The molecule has 1 aliphatic rings. The first-order chi connectivity index (χ1) is 9.99. The topological polar surface area (TPSA) is 62.3 Å². The second-order valence-corrected chi connectivity index (χ2v) is 6.62. The van der Waals surface area contributed by atoms with E-state index in [2.05, 4.69) is 10.3 Å². The molecule has 2 rings (SSSR count). The maximum absolute atomic E-state index is 12.5. The molecule has 1 N–H and O–H groups in total. The standard InChI is InChI=1S/C15H21N3O2S/c1-10(2)6-17-14(19)13-8-21-9-18(13)15(20)12-5-4-11(3)16-7-12/h4-5,7,10,13H,6,8-9H2,1-3H3,(H,17,19). The second kappa shape index (κ2) is 6.93. The Morgan fingerprint density at radius 1 is 1.48 bits per heavy atom. The summed E-state index contributed by atoms with van der Waals surface area (Å²) in [7, 11) is 0. The summed E-state index contributed by atoms with van der Waals surface area (Å²) < 4.78 is 0. The smallest absolute Gasteiger partial charge is 0.256 e. The Hall–Kier alpha value is -1.56. The van der Waals surface area contributed by atoms with Crippen molar-refractivity contribution < 1.29 is 9.59 Å². The van der Waals surface area contributed by atoms with Crippen molar-refractivity contribution in [2.75, 3.05) is 18.2 Å². The first kappa shape index (κ1) is 15.8. The zero-order valence-corrected chi connectivity index (χ0v) is 13.4. The van der Waals surface area contributed by atoms with E-state index < -0.39 is 0 Å². The lowest BCUT2D eigenvalue weighted by Gasteiger charge is -2.23. The van der Waals surface area contributed by atoms with Gasteiger partial charge in [-0.3, -0.25) is 14.6 Å². The van der Waals surface area contributed by atoms with Gasteiger partial charge in [0.1, 0.15) is 6.04 Å². The molecule has 1 saturated heterocycles. The van der Waals surface area contributed by atoms with E-state index in [1.54, 1.807) is 28.9 Å². The SMILES string of the molecule is Cc1ccc(C(=O)N2CSCC2C(=O)NCC(C)C)cn1. The largest absolute Gasteiger partial charge is 0.354 e. The molecule has 21 heavy (non-hydrogen) atoms. The van der Waals surface area contributed by atoms with Gasteiger partial charge in [-0.15, -0.1) is 11.8 Å². The third kappa shape index (κ3) is 3.97. The van der Waals surface area contributed by atoms with Crippen molar-refractivity contribution in [3.05, 3.63) is 29.6 Å². The molecule has 5 nitrogen and oxygen atoms in total. The van der Waals surface area contributed by atoms with Gasteiger partial charge >= 0.3 is 0 Å². The number of hydrogen-bond donors (Lipinski definition) is 1. The van der Waals surface area contributed by atoms with Crippen LogP contribution in [0.5, 0.6) is 0 Å². The van der Waals surface area contributed by atoms with Gasteiger partial charge in [0.05, 0.1) is 11.4 Å². The lowest BCUT2D eigenvalue weighted by Crippen LogP contribution is -2.48. The number of thioether (sulfide) groups is 1. The summed E-state index contributed by atoms with van der Waals surface area (Å²) in [4.78, 5) is 30.5. The number of amides is 2. The van der Waals surface area contributed by atoms with Crippen molar-refractivity contribution in [2.24, 2.45) is 5.92 Å². The van der Waals surface area contributed by atoms with E-state index >= 15 is 0 Å². The minimum atomic E-state index is -0.387. The second-order valence-electron chi connectivity index (χ2n) is 5.62. The minimum Gasteiger partial charge on any atom is -0.354 e. The van der Waals surface area contributed by atoms with Crippen molar-refractivity contribution in [3.63, 3.8) is 0 Å². The highest BCUT2D eigenvalue weighted by molar-refractivity contribution is 7.99. The predicted octanol–water partition coefficient (Wildman–Crippen LogP) is 1.68. The van der Waals surface area contributed by atoms with Crippen LogP contribution < -0.4 is 5.32 Å². The Balaban J connectivity index is 2.05. The van der Waals surface area contributed by atoms with Crippen LogP contribution in [0.3, 0.4) is 0 Å². The van der Waals surface area contributed by atoms with Gasteiger partial charge in [0.25, 0.3) is 5.91 Å². The molecule has 0 radical (unpaired) electrons. The number of pyridine rings is 1. The molecule has 2 amide bonds. The van der Waals surface area contributed by atoms with E-state index in [0.717, 1.165) is 5.69 Å². The van der Waals surface area contributed by atoms with Crippen LogP contribution in [-0.2, 0) is 4.79 Å². The Bertz CT molecular complexity index is 516. The molecule has 114 valence electrons. The predicted molar refractivity (Wildman–Crippen MR) is 84.1 cm³/mol. The molecule has 6 heteroatoms. The number of carbonyl (C=O) groups excluding carboxylic acids is 2. The zero-order valence-electron chi connectivity index (χ0n) is 12.6. The van der Waals surface area contributed by atoms with Gasteiger partial charge in [0, 0.05) is 24.2 Å². The molecule has 2 heterocycles. The van der Waals surface area contributed by atoms with Gasteiger partial charge in [0.2, 0.25) is 5.91 Å². The third-order valence-corrected chi connectivity index (χ3v) is 4.30. The summed E-state index contributed by atoms with van der Waals surface area (Å²) in [6.07, 6.45) is 1.57. The maximum atomic E-state index is 12.5. The van der Waals surface area contributed by atoms with Gasteiger partial charge < -0.3 is 10.2 Å². The van der Waals surface area contributed by atoms with E-state index in [4.69, 9.17) is 0 Å². The molecular formula is C15H21N3O2S. The van der Waals surface area contributed by atoms with Crippen LogP contribution in [0.25, 0.3) is 0 Å². The highest BCUT2D eigenvalue weighted by atomic mass is 32.2. The fourth-order valence-corrected chi connectivity index (χ4v) is 3.20. The number of aryl methyl sites for hydroxylation is 1. The monoisotopic (exact) mass is 307 g/mol. The zero-order chi connectivity index (χ0) is 15.4. The Morgan fingerprint density at radius 2 is 2.24 bits per heavy atom. The first-order valence-corrected chi connectivity index (χ1v) is 8.23. The molecular weight excluding hydrogens is 286 g/mol. The summed E-state index contributed by atoms with van der Waals surface area (Å²) in [6.45, 7) is 6.60. The van der Waals surface area contributed by atoms with E-state index in [-0.39, 0.29) is 17.9 Å². The van der Waals surface area contributed by atoms with E-state index in [9.17, 15) is 9.59 Å². The molecule has 0 aliphatic carbocycles. The molecule has 1 fully saturated rings. The van der Waals surface area contributed by atoms with E-state index in [1.807, 2.05) is 26.8 Å². The van der Waals surface area contributed by atoms with Crippen LogP contribution in [0.4, 0.5) is 0 Å². The Kier molecular flexibility index (Phi) is 5.22. The quantitative estimate of drug-likeness (QED) is 0.919. The van der Waals surface area contributed by atoms with Crippen molar-refractivity contribution in [2.45, 2.75) is 26.8 Å². The van der Waals surface area contributed by atoms with Crippen molar-refractivity contribution in [1.29, 1.82) is 0 Å². The van der Waals surface area contributed by atoms with Gasteiger partial charge in [-0.25, -0.2) is 0 Å². The first-order valence-electron chi connectivity index (χ1n) is 7.08. The number of rotatable bonds is 4. The highest BCUT2D eigenvalue weighted by Gasteiger charge is 2.35.